The number of aromatic nitrogens is 1. The van der Waals surface area contributed by atoms with Gasteiger partial charge in [0.25, 0.3) is 0 Å². The van der Waals surface area contributed by atoms with Crippen LogP contribution in [0.4, 0.5) is 0 Å². The normalized spacial score (nSPS) is 15.8. The minimum Gasteiger partial charge on any atom is -0.426 e. The molecule has 1 N–H and O–H groups in total. The van der Waals surface area contributed by atoms with E-state index in [-0.39, 0.29) is 5.97 Å². The summed E-state index contributed by atoms with van der Waals surface area (Å²) in [6, 6.07) is 16.8. The number of carbonyl (C=O) groups excluding carboxylic acids is 1. The average Bonchev–Trinajstić information content (AvgIpc) is 3.19. The van der Waals surface area contributed by atoms with Gasteiger partial charge in [-0.1, -0.05) is 30.3 Å². The molecule has 4 heteroatoms. The molecule has 2 heterocycles. The van der Waals surface area contributed by atoms with Gasteiger partial charge in [0.05, 0.1) is 5.41 Å². The summed E-state index contributed by atoms with van der Waals surface area (Å²) in [5.41, 5.74) is 3.39. The van der Waals surface area contributed by atoms with Crippen molar-refractivity contribution in [2.75, 3.05) is 19.6 Å². The number of esters is 1. The highest BCUT2D eigenvalue weighted by molar-refractivity contribution is 5.86. The van der Waals surface area contributed by atoms with Crippen molar-refractivity contribution in [3.8, 4) is 5.75 Å². The molecule has 4 nitrogen and oxygen atoms in total. The highest BCUT2D eigenvalue weighted by Gasteiger charge is 2.24. The molecule has 0 amide bonds. The third-order valence-electron chi connectivity index (χ3n) is 6.59. The van der Waals surface area contributed by atoms with E-state index in [9.17, 15) is 4.79 Å². The Labute approximate surface area is 192 Å². The Morgan fingerprint density at radius 3 is 2.53 bits per heavy atom. The largest absolute Gasteiger partial charge is 0.426 e. The van der Waals surface area contributed by atoms with Crippen LogP contribution in [0.2, 0.25) is 0 Å². The Morgan fingerprint density at radius 2 is 1.81 bits per heavy atom. The summed E-state index contributed by atoms with van der Waals surface area (Å²) < 4.78 is 5.60. The van der Waals surface area contributed by atoms with Crippen LogP contribution in [0.5, 0.6) is 5.75 Å². The van der Waals surface area contributed by atoms with Crippen LogP contribution in [-0.4, -0.2) is 35.5 Å². The van der Waals surface area contributed by atoms with E-state index in [1.807, 2.05) is 39.0 Å². The van der Waals surface area contributed by atoms with E-state index in [0.717, 1.165) is 29.7 Å². The fourth-order valence-corrected chi connectivity index (χ4v) is 4.55. The smallest absolute Gasteiger partial charge is 0.316 e. The first kappa shape index (κ1) is 22.6. The molecular weight excluding hydrogens is 396 g/mol. The van der Waals surface area contributed by atoms with E-state index >= 15 is 0 Å². The molecule has 0 unspecified atom stereocenters. The van der Waals surface area contributed by atoms with Crippen LogP contribution in [0.1, 0.15) is 63.5 Å². The molecule has 4 rings (SSSR count). The Bertz CT molecular complexity index is 1020. The zero-order chi connectivity index (χ0) is 22.6. The van der Waals surface area contributed by atoms with Gasteiger partial charge in [0, 0.05) is 17.1 Å². The summed E-state index contributed by atoms with van der Waals surface area (Å²) in [6.07, 6.45) is 8.05. The molecule has 1 fully saturated rings. The number of H-pyrrole nitrogens is 1. The SMILES string of the molecule is CC(C)(C)C(=O)Oc1ccc2[nH]cc(CCCCN3CCC(c4ccccc4)CC3)c2c1. The molecule has 3 aromatic rings. The topological polar surface area (TPSA) is 45.3 Å². The maximum atomic E-state index is 12.2. The summed E-state index contributed by atoms with van der Waals surface area (Å²) in [4.78, 5) is 18.2. The van der Waals surface area contributed by atoms with Crippen molar-refractivity contribution in [1.29, 1.82) is 0 Å². The summed E-state index contributed by atoms with van der Waals surface area (Å²) in [6.45, 7) is 9.21. The molecule has 1 aliphatic rings. The first-order valence-corrected chi connectivity index (χ1v) is 12.0. The Morgan fingerprint density at radius 1 is 1.06 bits per heavy atom. The number of hydrogen-bond donors (Lipinski definition) is 1. The summed E-state index contributed by atoms with van der Waals surface area (Å²) in [5.74, 6) is 1.14. The fraction of sp³-hybridized carbons (Fsp3) is 0.464. The van der Waals surface area contributed by atoms with E-state index in [1.54, 1.807) is 0 Å². The highest BCUT2D eigenvalue weighted by Crippen LogP contribution is 2.29. The number of fused-ring (bicyclic) bond motifs is 1. The summed E-state index contributed by atoms with van der Waals surface area (Å²) in [7, 11) is 0. The molecule has 170 valence electrons. The van der Waals surface area contributed by atoms with E-state index in [4.69, 9.17) is 4.74 Å². The fourth-order valence-electron chi connectivity index (χ4n) is 4.55. The van der Waals surface area contributed by atoms with Gasteiger partial charge in [-0.3, -0.25) is 4.79 Å². The predicted molar refractivity (Wildman–Crippen MR) is 131 cm³/mol. The van der Waals surface area contributed by atoms with Gasteiger partial charge in [0.15, 0.2) is 0 Å². The molecule has 0 atom stereocenters. The van der Waals surface area contributed by atoms with Crippen molar-refractivity contribution in [3.05, 3.63) is 65.9 Å². The van der Waals surface area contributed by atoms with Gasteiger partial charge in [-0.2, -0.15) is 0 Å². The Hall–Kier alpha value is -2.59. The molecule has 0 saturated carbocycles. The lowest BCUT2D eigenvalue weighted by Crippen LogP contribution is -2.33. The van der Waals surface area contributed by atoms with Crippen molar-refractivity contribution in [3.63, 3.8) is 0 Å². The molecule has 32 heavy (non-hydrogen) atoms. The molecule has 0 radical (unpaired) electrons. The number of nitrogens with one attached hydrogen (secondary N) is 1. The van der Waals surface area contributed by atoms with Gasteiger partial charge < -0.3 is 14.6 Å². The maximum Gasteiger partial charge on any atom is 0.316 e. The Kier molecular flexibility index (Phi) is 7.00. The molecule has 1 saturated heterocycles. The van der Waals surface area contributed by atoms with Crippen LogP contribution >= 0.6 is 0 Å². The second kappa shape index (κ2) is 9.91. The maximum absolute atomic E-state index is 12.2. The number of aryl methyl sites for hydroxylation is 1. The zero-order valence-electron chi connectivity index (χ0n) is 19.7. The van der Waals surface area contributed by atoms with Gasteiger partial charge in [0.1, 0.15) is 5.75 Å². The third-order valence-corrected chi connectivity index (χ3v) is 6.59. The van der Waals surface area contributed by atoms with Crippen LogP contribution in [0.25, 0.3) is 10.9 Å². The number of hydrogen-bond acceptors (Lipinski definition) is 3. The van der Waals surface area contributed by atoms with E-state index in [0.29, 0.717) is 5.75 Å². The van der Waals surface area contributed by atoms with Crippen LogP contribution in [0, 0.1) is 5.41 Å². The van der Waals surface area contributed by atoms with E-state index < -0.39 is 5.41 Å². The number of carbonyl (C=O) groups is 1. The number of piperidine rings is 1. The number of ether oxygens (including phenoxy) is 1. The van der Waals surface area contributed by atoms with Crippen molar-refractivity contribution in [2.24, 2.45) is 5.41 Å². The van der Waals surface area contributed by atoms with Crippen LogP contribution in [0.15, 0.2) is 54.7 Å². The second-order valence-electron chi connectivity index (χ2n) is 10.1. The first-order chi connectivity index (χ1) is 15.4. The standard InChI is InChI=1S/C28H36N2O2/c1-28(2,3)27(31)32-24-12-13-26-25(19-24)23(20-29-26)11-7-8-16-30-17-14-22(15-18-30)21-9-5-4-6-10-21/h4-6,9-10,12-13,19-20,22,29H,7-8,11,14-18H2,1-3H3. The molecule has 1 aliphatic heterocycles. The number of rotatable bonds is 7. The van der Waals surface area contributed by atoms with E-state index in [1.165, 1.54) is 50.0 Å². The van der Waals surface area contributed by atoms with Crippen LogP contribution in [-0.2, 0) is 11.2 Å². The molecule has 0 spiro atoms. The monoisotopic (exact) mass is 432 g/mol. The Balaban J connectivity index is 1.25. The van der Waals surface area contributed by atoms with Gasteiger partial charge in [0.2, 0.25) is 0 Å². The minimum absolute atomic E-state index is 0.204. The predicted octanol–water partition coefficient (Wildman–Crippen LogP) is 6.32. The summed E-state index contributed by atoms with van der Waals surface area (Å²) in [5, 5.41) is 1.16. The van der Waals surface area contributed by atoms with Crippen molar-refractivity contribution >= 4 is 16.9 Å². The lowest BCUT2D eigenvalue weighted by atomic mass is 9.89. The quantitative estimate of drug-likeness (QED) is 0.270. The average molecular weight is 433 g/mol. The number of unbranched alkanes of at least 4 members (excludes halogenated alkanes) is 1. The number of benzene rings is 2. The van der Waals surface area contributed by atoms with Crippen molar-refractivity contribution in [1.82, 2.24) is 9.88 Å². The molecular formula is C28H36N2O2. The number of likely N-dealkylation sites (tertiary alicyclic amines) is 1. The third kappa shape index (κ3) is 5.60. The van der Waals surface area contributed by atoms with E-state index in [2.05, 4.69) is 46.4 Å². The molecule has 0 aliphatic carbocycles. The summed E-state index contributed by atoms with van der Waals surface area (Å²) >= 11 is 0. The van der Waals surface area contributed by atoms with Gasteiger partial charge in [-0.25, -0.2) is 0 Å². The molecule has 2 aromatic carbocycles. The lowest BCUT2D eigenvalue weighted by molar-refractivity contribution is -0.142. The van der Waals surface area contributed by atoms with Gasteiger partial charge in [-0.15, -0.1) is 0 Å². The highest BCUT2D eigenvalue weighted by atomic mass is 16.5. The van der Waals surface area contributed by atoms with Crippen LogP contribution < -0.4 is 4.74 Å². The van der Waals surface area contributed by atoms with Crippen molar-refractivity contribution < 1.29 is 9.53 Å². The second-order valence-corrected chi connectivity index (χ2v) is 10.1. The molecule has 1 aromatic heterocycles. The van der Waals surface area contributed by atoms with Gasteiger partial charge >= 0.3 is 5.97 Å². The van der Waals surface area contributed by atoms with Crippen molar-refractivity contribution in [2.45, 2.75) is 58.8 Å². The minimum atomic E-state index is -0.508. The zero-order valence-corrected chi connectivity index (χ0v) is 19.7. The van der Waals surface area contributed by atoms with Crippen LogP contribution in [0.3, 0.4) is 0 Å². The molecule has 0 bridgehead atoms. The lowest BCUT2D eigenvalue weighted by Gasteiger charge is -2.32. The van der Waals surface area contributed by atoms with Gasteiger partial charge in [-0.05, 0) is 108 Å². The number of aromatic amines is 1. The first-order valence-electron chi connectivity index (χ1n) is 12.0. The number of nitrogens with zero attached hydrogens (tertiary/aromatic N) is 1.